The molecule has 2 fully saturated rings. The topological polar surface area (TPSA) is 21.7 Å². The molecule has 1 aromatic carbocycles. The second kappa shape index (κ2) is 5.84. The van der Waals surface area contributed by atoms with Crippen LogP contribution in [0, 0.1) is 11.8 Å². The summed E-state index contributed by atoms with van der Waals surface area (Å²) in [4.78, 5) is 2.57. The zero-order valence-corrected chi connectivity index (χ0v) is 12.5. The highest BCUT2D eigenvalue weighted by Crippen LogP contribution is 2.45. The minimum Gasteiger partial charge on any atom is -0.353 e. The largest absolute Gasteiger partial charge is 0.353 e. The summed E-state index contributed by atoms with van der Waals surface area (Å²) in [6.45, 7) is 3.19. The van der Waals surface area contributed by atoms with Crippen LogP contribution in [0.1, 0.15) is 24.8 Å². The maximum Gasteiger partial charge on any atom is 0.175 e. The average molecular weight is 275 g/mol. The van der Waals surface area contributed by atoms with Crippen LogP contribution in [-0.2, 0) is 16.0 Å². The van der Waals surface area contributed by atoms with E-state index >= 15 is 0 Å². The highest BCUT2D eigenvalue weighted by Gasteiger charge is 2.52. The second-order valence-electron chi connectivity index (χ2n) is 6.13. The van der Waals surface area contributed by atoms with E-state index < -0.39 is 0 Å². The molecule has 0 N–H and O–H groups in total. The molecule has 110 valence electrons. The highest BCUT2D eigenvalue weighted by molar-refractivity contribution is 5.15. The van der Waals surface area contributed by atoms with Gasteiger partial charge in [-0.05, 0) is 18.4 Å². The standard InChI is InChI=1S/C17H25NO2/c1-19-17(20-2)15-9-6-10-16(17)13-18(12-15)11-14-7-4-3-5-8-14/h3-5,7-8,15-16H,6,9-13H2,1-2H3. The van der Waals surface area contributed by atoms with E-state index in [4.69, 9.17) is 9.47 Å². The van der Waals surface area contributed by atoms with Gasteiger partial charge in [-0.2, -0.15) is 0 Å². The average Bonchev–Trinajstić information content (AvgIpc) is 2.47. The number of methoxy groups -OCH3 is 2. The summed E-state index contributed by atoms with van der Waals surface area (Å²) in [5.74, 6) is 0.647. The third-order valence-corrected chi connectivity index (χ3v) is 5.09. The van der Waals surface area contributed by atoms with Gasteiger partial charge in [0.1, 0.15) is 0 Å². The Labute approximate surface area is 121 Å². The number of benzene rings is 1. The fourth-order valence-corrected chi connectivity index (χ4v) is 4.20. The van der Waals surface area contributed by atoms with E-state index in [1.165, 1.54) is 24.8 Å². The molecule has 2 atom stereocenters. The molecule has 1 aliphatic carbocycles. The molecule has 0 radical (unpaired) electrons. The lowest BCUT2D eigenvalue weighted by atomic mass is 9.72. The van der Waals surface area contributed by atoms with Gasteiger partial charge in [0, 0.05) is 45.7 Å². The minimum absolute atomic E-state index is 0.342. The lowest BCUT2D eigenvalue weighted by molar-refractivity contribution is -0.303. The lowest BCUT2D eigenvalue weighted by Gasteiger charge is -2.53. The van der Waals surface area contributed by atoms with E-state index in [0.717, 1.165) is 19.6 Å². The molecule has 1 saturated carbocycles. The van der Waals surface area contributed by atoms with E-state index in [1.807, 2.05) is 14.2 Å². The van der Waals surface area contributed by atoms with E-state index in [0.29, 0.717) is 11.8 Å². The Bertz CT molecular complexity index is 414. The van der Waals surface area contributed by atoms with Gasteiger partial charge in [0.2, 0.25) is 0 Å². The Morgan fingerprint density at radius 2 is 1.65 bits per heavy atom. The SMILES string of the molecule is COC1(OC)C2CCCC1CN(Cc1ccccc1)C2. The first-order chi connectivity index (χ1) is 9.78. The van der Waals surface area contributed by atoms with Crippen LogP contribution < -0.4 is 0 Å². The predicted octanol–water partition coefficient (Wildman–Crippen LogP) is 2.91. The van der Waals surface area contributed by atoms with Gasteiger partial charge in [0.15, 0.2) is 5.79 Å². The van der Waals surface area contributed by atoms with Crippen molar-refractivity contribution >= 4 is 0 Å². The van der Waals surface area contributed by atoms with Gasteiger partial charge < -0.3 is 9.47 Å². The summed E-state index contributed by atoms with van der Waals surface area (Å²) < 4.78 is 11.7. The minimum atomic E-state index is -0.342. The number of piperidine rings is 1. The van der Waals surface area contributed by atoms with Crippen molar-refractivity contribution in [3.63, 3.8) is 0 Å². The Morgan fingerprint density at radius 1 is 1.05 bits per heavy atom. The van der Waals surface area contributed by atoms with E-state index in [-0.39, 0.29) is 5.79 Å². The molecule has 0 amide bonds. The highest BCUT2D eigenvalue weighted by atomic mass is 16.7. The van der Waals surface area contributed by atoms with Gasteiger partial charge >= 0.3 is 0 Å². The van der Waals surface area contributed by atoms with Crippen LogP contribution in [0.5, 0.6) is 0 Å². The monoisotopic (exact) mass is 275 g/mol. The zero-order valence-electron chi connectivity index (χ0n) is 12.5. The molecule has 2 unspecified atom stereocenters. The number of nitrogens with zero attached hydrogens (tertiary/aromatic N) is 1. The molecule has 1 aliphatic heterocycles. The molecule has 3 rings (SSSR count). The Kier molecular flexibility index (Phi) is 4.11. The molecule has 3 heteroatoms. The first kappa shape index (κ1) is 14.1. The van der Waals surface area contributed by atoms with Crippen molar-refractivity contribution < 1.29 is 9.47 Å². The molecule has 3 nitrogen and oxygen atoms in total. The number of hydrogen-bond donors (Lipinski definition) is 0. The van der Waals surface area contributed by atoms with Crippen LogP contribution >= 0.6 is 0 Å². The Hall–Kier alpha value is -0.900. The fraction of sp³-hybridized carbons (Fsp3) is 0.647. The van der Waals surface area contributed by atoms with Crippen molar-refractivity contribution in [1.82, 2.24) is 4.90 Å². The number of hydrogen-bond acceptors (Lipinski definition) is 3. The Morgan fingerprint density at radius 3 is 2.20 bits per heavy atom. The first-order valence-corrected chi connectivity index (χ1v) is 7.65. The summed E-state index contributed by atoms with van der Waals surface area (Å²) in [6, 6.07) is 10.7. The molecule has 2 bridgehead atoms. The van der Waals surface area contributed by atoms with Gasteiger partial charge in [-0.3, -0.25) is 4.90 Å². The fourth-order valence-electron chi connectivity index (χ4n) is 4.20. The number of fused-ring (bicyclic) bond motifs is 2. The third-order valence-electron chi connectivity index (χ3n) is 5.09. The van der Waals surface area contributed by atoms with E-state index in [9.17, 15) is 0 Å². The van der Waals surface area contributed by atoms with Crippen LogP contribution in [0.25, 0.3) is 0 Å². The molecule has 0 spiro atoms. The molecule has 20 heavy (non-hydrogen) atoms. The number of ether oxygens (including phenoxy) is 2. The predicted molar refractivity (Wildman–Crippen MR) is 79.3 cm³/mol. The maximum absolute atomic E-state index is 5.84. The Balaban J connectivity index is 1.74. The molecule has 0 aromatic heterocycles. The molecular formula is C17H25NO2. The van der Waals surface area contributed by atoms with Crippen molar-refractivity contribution in [2.75, 3.05) is 27.3 Å². The van der Waals surface area contributed by atoms with Crippen molar-refractivity contribution in [1.29, 1.82) is 0 Å². The molecule has 2 aliphatic rings. The summed E-state index contributed by atoms with van der Waals surface area (Å²) in [7, 11) is 3.61. The van der Waals surface area contributed by atoms with Gasteiger partial charge in [-0.15, -0.1) is 0 Å². The van der Waals surface area contributed by atoms with Crippen molar-refractivity contribution in [3.8, 4) is 0 Å². The molecule has 1 aromatic rings. The van der Waals surface area contributed by atoms with Crippen LogP contribution in [0.4, 0.5) is 0 Å². The van der Waals surface area contributed by atoms with Gasteiger partial charge in [-0.1, -0.05) is 36.8 Å². The third kappa shape index (κ3) is 2.39. The maximum atomic E-state index is 5.84. The molecule has 1 heterocycles. The van der Waals surface area contributed by atoms with Crippen molar-refractivity contribution in [3.05, 3.63) is 35.9 Å². The quantitative estimate of drug-likeness (QED) is 0.789. The van der Waals surface area contributed by atoms with Crippen LogP contribution in [0.2, 0.25) is 0 Å². The van der Waals surface area contributed by atoms with Gasteiger partial charge in [0.25, 0.3) is 0 Å². The second-order valence-corrected chi connectivity index (χ2v) is 6.13. The number of likely N-dealkylation sites (tertiary alicyclic amines) is 1. The lowest BCUT2D eigenvalue weighted by Crippen LogP contribution is -2.61. The molecular weight excluding hydrogens is 250 g/mol. The smallest absolute Gasteiger partial charge is 0.175 e. The van der Waals surface area contributed by atoms with E-state index in [2.05, 4.69) is 35.2 Å². The summed E-state index contributed by atoms with van der Waals surface area (Å²) >= 11 is 0. The van der Waals surface area contributed by atoms with Crippen molar-refractivity contribution in [2.45, 2.75) is 31.6 Å². The zero-order chi connectivity index (χ0) is 14.0. The normalized spacial score (nSPS) is 29.3. The molecule has 1 saturated heterocycles. The van der Waals surface area contributed by atoms with Gasteiger partial charge in [0.05, 0.1) is 0 Å². The van der Waals surface area contributed by atoms with Crippen molar-refractivity contribution in [2.24, 2.45) is 11.8 Å². The summed E-state index contributed by atoms with van der Waals surface area (Å²) in [5, 5.41) is 0. The number of rotatable bonds is 4. The van der Waals surface area contributed by atoms with Crippen LogP contribution in [-0.4, -0.2) is 38.0 Å². The van der Waals surface area contributed by atoms with Gasteiger partial charge in [-0.25, -0.2) is 0 Å². The first-order valence-electron chi connectivity index (χ1n) is 7.65. The van der Waals surface area contributed by atoms with E-state index in [1.54, 1.807) is 0 Å². The summed E-state index contributed by atoms with van der Waals surface area (Å²) in [6.07, 6.45) is 3.73. The summed E-state index contributed by atoms with van der Waals surface area (Å²) in [5.41, 5.74) is 1.40. The van der Waals surface area contributed by atoms with Crippen LogP contribution in [0.15, 0.2) is 30.3 Å². The van der Waals surface area contributed by atoms with Crippen LogP contribution in [0.3, 0.4) is 0 Å².